The lowest BCUT2D eigenvalue weighted by atomic mass is 10.1. The van der Waals surface area contributed by atoms with Crippen molar-refractivity contribution in [1.82, 2.24) is 10.2 Å². The molecule has 0 aromatic heterocycles. The van der Waals surface area contributed by atoms with E-state index >= 15 is 0 Å². The Kier molecular flexibility index (Phi) is 3.81. The third kappa shape index (κ3) is 2.85. The third-order valence-electron chi connectivity index (χ3n) is 3.89. The molecule has 1 fully saturated rings. The minimum absolute atomic E-state index is 0.848. The minimum atomic E-state index is 0.848. The molecule has 1 aromatic rings. The zero-order valence-electron chi connectivity index (χ0n) is 11.0. The van der Waals surface area contributed by atoms with Crippen LogP contribution >= 0.6 is 0 Å². The Balaban J connectivity index is 1.42. The van der Waals surface area contributed by atoms with E-state index in [1.807, 2.05) is 0 Å². The molecule has 0 unspecified atom stereocenters. The lowest BCUT2D eigenvalue weighted by Gasteiger charge is -2.14. The van der Waals surface area contributed by atoms with Crippen LogP contribution in [0.3, 0.4) is 0 Å². The largest absolute Gasteiger partial charge is 0.493 e. The summed E-state index contributed by atoms with van der Waals surface area (Å²) >= 11 is 0. The van der Waals surface area contributed by atoms with Crippen molar-refractivity contribution >= 4 is 0 Å². The highest BCUT2D eigenvalue weighted by atomic mass is 16.5. The predicted octanol–water partition coefficient (Wildman–Crippen LogP) is 1.81. The van der Waals surface area contributed by atoms with Crippen molar-refractivity contribution in [1.29, 1.82) is 0 Å². The van der Waals surface area contributed by atoms with E-state index in [4.69, 9.17) is 4.74 Å². The third-order valence-corrected chi connectivity index (χ3v) is 3.89. The number of benzene rings is 1. The molecule has 2 heterocycles. The van der Waals surface area contributed by atoms with E-state index < -0.39 is 0 Å². The van der Waals surface area contributed by atoms with Gasteiger partial charge in [-0.15, -0.1) is 0 Å². The number of ether oxygens (including phenoxy) is 1. The fraction of sp³-hybridized carbons (Fsp3) is 0.600. The summed E-state index contributed by atoms with van der Waals surface area (Å²) in [4.78, 5) is 2.55. The van der Waals surface area contributed by atoms with Crippen LogP contribution in [0.25, 0.3) is 0 Å². The summed E-state index contributed by atoms with van der Waals surface area (Å²) in [6.07, 6.45) is 3.83. The number of hydrogen-bond donors (Lipinski definition) is 1. The molecule has 1 saturated heterocycles. The second-order valence-electron chi connectivity index (χ2n) is 5.27. The molecular formula is C15H22N2O. The van der Waals surface area contributed by atoms with E-state index in [2.05, 4.69) is 28.4 Å². The SMILES string of the molecule is c1cc2c(cc1CNCCN1CCCC1)CCO2. The Morgan fingerprint density at radius 2 is 2.11 bits per heavy atom. The van der Waals surface area contributed by atoms with Crippen molar-refractivity contribution in [3.05, 3.63) is 29.3 Å². The van der Waals surface area contributed by atoms with Crippen LogP contribution in [0, 0.1) is 0 Å². The maximum absolute atomic E-state index is 5.52. The van der Waals surface area contributed by atoms with Crippen LogP contribution in [0.15, 0.2) is 18.2 Å². The average Bonchev–Trinajstić information content (AvgIpc) is 3.05. The van der Waals surface area contributed by atoms with Gasteiger partial charge in [0, 0.05) is 26.1 Å². The molecule has 0 spiro atoms. The Morgan fingerprint density at radius 1 is 1.22 bits per heavy atom. The van der Waals surface area contributed by atoms with Crippen LogP contribution < -0.4 is 10.1 Å². The molecule has 1 aromatic carbocycles. The van der Waals surface area contributed by atoms with Crippen LogP contribution in [-0.4, -0.2) is 37.7 Å². The van der Waals surface area contributed by atoms with Gasteiger partial charge in [0.05, 0.1) is 6.61 Å². The molecule has 0 radical (unpaired) electrons. The summed E-state index contributed by atoms with van der Waals surface area (Å²) in [7, 11) is 0. The second kappa shape index (κ2) is 5.72. The number of hydrogen-bond acceptors (Lipinski definition) is 3. The molecule has 0 aliphatic carbocycles. The molecule has 3 rings (SSSR count). The smallest absolute Gasteiger partial charge is 0.122 e. The van der Waals surface area contributed by atoms with Crippen LogP contribution in [0.2, 0.25) is 0 Å². The number of nitrogens with one attached hydrogen (secondary N) is 1. The van der Waals surface area contributed by atoms with Crippen molar-refractivity contribution in [3.63, 3.8) is 0 Å². The number of fused-ring (bicyclic) bond motifs is 1. The molecule has 2 aliphatic rings. The van der Waals surface area contributed by atoms with E-state index in [-0.39, 0.29) is 0 Å². The predicted molar refractivity (Wildman–Crippen MR) is 73.0 cm³/mol. The van der Waals surface area contributed by atoms with E-state index in [0.717, 1.165) is 31.9 Å². The lowest BCUT2D eigenvalue weighted by molar-refractivity contribution is 0.335. The van der Waals surface area contributed by atoms with E-state index in [0.29, 0.717) is 0 Å². The van der Waals surface area contributed by atoms with Crippen molar-refractivity contribution in [2.75, 3.05) is 32.8 Å². The topological polar surface area (TPSA) is 24.5 Å². The summed E-state index contributed by atoms with van der Waals surface area (Å²) in [6.45, 7) is 6.68. The molecule has 0 atom stereocenters. The van der Waals surface area contributed by atoms with Gasteiger partial charge in [-0.05, 0) is 43.1 Å². The van der Waals surface area contributed by atoms with Crippen LogP contribution in [0.5, 0.6) is 5.75 Å². The highest BCUT2D eigenvalue weighted by Gasteiger charge is 2.12. The van der Waals surface area contributed by atoms with Gasteiger partial charge in [0.2, 0.25) is 0 Å². The van der Waals surface area contributed by atoms with Gasteiger partial charge in [-0.25, -0.2) is 0 Å². The van der Waals surface area contributed by atoms with Crippen LogP contribution in [0.1, 0.15) is 24.0 Å². The summed E-state index contributed by atoms with van der Waals surface area (Å²) in [5.74, 6) is 1.08. The lowest BCUT2D eigenvalue weighted by Crippen LogP contribution is -2.29. The quantitative estimate of drug-likeness (QED) is 0.802. The normalized spacial score (nSPS) is 18.9. The van der Waals surface area contributed by atoms with Gasteiger partial charge in [-0.3, -0.25) is 0 Å². The maximum atomic E-state index is 5.52. The molecule has 0 amide bonds. The molecule has 1 N–H and O–H groups in total. The van der Waals surface area contributed by atoms with Gasteiger partial charge in [-0.1, -0.05) is 12.1 Å². The Morgan fingerprint density at radius 3 is 3.00 bits per heavy atom. The summed E-state index contributed by atoms with van der Waals surface area (Å²) < 4.78 is 5.52. The zero-order chi connectivity index (χ0) is 12.2. The molecule has 98 valence electrons. The zero-order valence-corrected chi connectivity index (χ0v) is 11.0. The van der Waals surface area contributed by atoms with Crippen LogP contribution in [-0.2, 0) is 13.0 Å². The van der Waals surface area contributed by atoms with Crippen molar-refractivity contribution in [2.45, 2.75) is 25.8 Å². The highest BCUT2D eigenvalue weighted by Crippen LogP contribution is 2.25. The number of rotatable bonds is 5. The minimum Gasteiger partial charge on any atom is -0.493 e. The van der Waals surface area contributed by atoms with Gasteiger partial charge >= 0.3 is 0 Å². The maximum Gasteiger partial charge on any atom is 0.122 e. The first-order chi connectivity index (χ1) is 8.92. The Labute approximate surface area is 109 Å². The number of likely N-dealkylation sites (tertiary alicyclic amines) is 1. The first kappa shape index (κ1) is 12.0. The van der Waals surface area contributed by atoms with Crippen molar-refractivity contribution in [2.24, 2.45) is 0 Å². The standard InChI is InChI=1S/C15H22N2O/c1-2-8-17(7-1)9-6-16-12-13-3-4-15-14(11-13)5-10-18-15/h3-4,11,16H,1-2,5-10,12H2. The summed E-state index contributed by atoms with van der Waals surface area (Å²) in [6, 6.07) is 6.57. The first-order valence-corrected chi connectivity index (χ1v) is 7.09. The first-order valence-electron chi connectivity index (χ1n) is 7.09. The molecule has 3 heteroatoms. The molecule has 18 heavy (non-hydrogen) atoms. The van der Waals surface area contributed by atoms with Crippen molar-refractivity contribution < 1.29 is 4.74 Å². The average molecular weight is 246 g/mol. The number of nitrogens with zero attached hydrogens (tertiary/aromatic N) is 1. The second-order valence-corrected chi connectivity index (χ2v) is 5.27. The van der Waals surface area contributed by atoms with Crippen molar-refractivity contribution in [3.8, 4) is 5.75 Å². The highest BCUT2D eigenvalue weighted by molar-refractivity contribution is 5.39. The van der Waals surface area contributed by atoms with Gasteiger partial charge < -0.3 is 15.0 Å². The van der Waals surface area contributed by atoms with Gasteiger partial charge in [0.15, 0.2) is 0 Å². The fourth-order valence-corrected chi connectivity index (χ4v) is 2.83. The van der Waals surface area contributed by atoms with Gasteiger partial charge in [0.25, 0.3) is 0 Å². The van der Waals surface area contributed by atoms with E-state index in [1.165, 1.54) is 43.6 Å². The molecular weight excluding hydrogens is 224 g/mol. The van der Waals surface area contributed by atoms with E-state index in [9.17, 15) is 0 Å². The van der Waals surface area contributed by atoms with E-state index in [1.54, 1.807) is 0 Å². The fourth-order valence-electron chi connectivity index (χ4n) is 2.83. The van der Waals surface area contributed by atoms with Gasteiger partial charge in [-0.2, -0.15) is 0 Å². The summed E-state index contributed by atoms with van der Waals surface area (Å²) in [5.41, 5.74) is 2.74. The molecule has 2 aliphatic heterocycles. The van der Waals surface area contributed by atoms with Gasteiger partial charge in [0.1, 0.15) is 5.75 Å². The molecule has 3 nitrogen and oxygen atoms in total. The monoisotopic (exact) mass is 246 g/mol. The molecule has 0 saturated carbocycles. The molecule has 0 bridgehead atoms. The van der Waals surface area contributed by atoms with Crippen LogP contribution in [0.4, 0.5) is 0 Å². The Bertz CT molecular complexity index is 399. The Hall–Kier alpha value is -1.06. The summed E-state index contributed by atoms with van der Waals surface area (Å²) in [5, 5.41) is 3.54.